The average molecular weight is 295 g/mol. The highest BCUT2D eigenvalue weighted by Gasteiger charge is 2.06. The molecule has 0 heterocycles. The van der Waals surface area contributed by atoms with E-state index in [0.717, 1.165) is 6.42 Å². The van der Waals surface area contributed by atoms with Crippen LogP contribution < -0.4 is 14.8 Å². The predicted molar refractivity (Wildman–Crippen MR) is 81.8 cm³/mol. The van der Waals surface area contributed by atoms with Crippen molar-refractivity contribution in [3.8, 4) is 11.5 Å². The highest BCUT2D eigenvalue weighted by molar-refractivity contribution is 5.77. The molecule has 0 aliphatic carbocycles. The molecule has 1 aromatic rings. The maximum absolute atomic E-state index is 11.7. The van der Waals surface area contributed by atoms with Gasteiger partial charge in [-0.2, -0.15) is 0 Å². The van der Waals surface area contributed by atoms with Crippen LogP contribution in [0.5, 0.6) is 11.5 Å². The number of benzene rings is 1. The van der Waals surface area contributed by atoms with Gasteiger partial charge in [0.2, 0.25) is 0 Å². The Morgan fingerprint density at radius 1 is 1.19 bits per heavy atom. The topological polar surface area (TPSA) is 56.8 Å². The van der Waals surface area contributed by atoms with E-state index in [-0.39, 0.29) is 18.6 Å². The Hall–Kier alpha value is -1.75. The molecule has 0 aliphatic rings. The van der Waals surface area contributed by atoms with Crippen molar-refractivity contribution >= 4 is 5.91 Å². The summed E-state index contributed by atoms with van der Waals surface area (Å²) in [5.41, 5.74) is 0. The van der Waals surface area contributed by atoms with Crippen molar-refractivity contribution in [1.29, 1.82) is 0 Å². The summed E-state index contributed by atoms with van der Waals surface area (Å²) in [6.45, 7) is 7.65. The molecule has 0 spiro atoms. The fraction of sp³-hybridized carbons (Fsp3) is 0.562. The number of ether oxygens (including phenoxy) is 3. The number of hydrogen-bond acceptors (Lipinski definition) is 4. The molecule has 0 radical (unpaired) electrons. The summed E-state index contributed by atoms with van der Waals surface area (Å²) in [5, 5.41) is 2.79. The summed E-state index contributed by atoms with van der Waals surface area (Å²) in [7, 11) is 0. The van der Waals surface area contributed by atoms with Crippen molar-refractivity contribution in [1.82, 2.24) is 5.32 Å². The lowest BCUT2D eigenvalue weighted by atomic mass is 10.3. The van der Waals surface area contributed by atoms with Gasteiger partial charge in [-0.15, -0.1) is 0 Å². The number of carbonyl (C=O) groups excluding carboxylic acids is 1. The molecule has 1 rings (SSSR count). The third-order valence-corrected chi connectivity index (χ3v) is 2.60. The SMILES string of the molecule is CCOc1ccccc1OCC(=O)NCCCOC(C)C. The van der Waals surface area contributed by atoms with Crippen molar-refractivity contribution in [2.24, 2.45) is 0 Å². The number of nitrogens with one attached hydrogen (secondary N) is 1. The van der Waals surface area contributed by atoms with E-state index in [1.54, 1.807) is 6.07 Å². The molecule has 1 N–H and O–H groups in total. The smallest absolute Gasteiger partial charge is 0.257 e. The molecule has 0 aromatic heterocycles. The first-order chi connectivity index (χ1) is 10.1. The summed E-state index contributed by atoms with van der Waals surface area (Å²) < 4.78 is 16.3. The molecule has 0 atom stereocenters. The first-order valence-electron chi connectivity index (χ1n) is 7.36. The lowest BCUT2D eigenvalue weighted by molar-refractivity contribution is -0.123. The van der Waals surface area contributed by atoms with Gasteiger partial charge in [0.1, 0.15) is 0 Å². The third kappa shape index (κ3) is 7.56. The molecule has 1 amide bonds. The minimum Gasteiger partial charge on any atom is -0.490 e. The lowest BCUT2D eigenvalue weighted by Gasteiger charge is -2.12. The zero-order valence-corrected chi connectivity index (χ0v) is 13.1. The maximum atomic E-state index is 11.7. The molecule has 0 bridgehead atoms. The zero-order valence-electron chi connectivity index (χ0n) is 13.1. The Balaban J connectivity index is 2.24. The standard InChI is InChI=1S/C16H25NO4/c1-4-19-14-8-5-6-9-15(14)21-12-16(18)17-10-7-11-20-13(2)3/h5-6,8-9,13H,4,7,10-12H2,1-3H3,(H,17,18). The third-order valence-electron chi connectivity index (χ3n) is 2.60. The van der Waals surface area contributed by atoms with E-state index in [9.17, 15) is 4.79 Å². The molecule has 5 nitrogen and oxygen atoms in total. The van der Waals surface area contributed by atoms with Crippen LogP contribution in [-0.4, -0.2) is 38.4 Å². The van der Waals surface area contributed by atoms with E-state index in [1.165, 1.54) is 0 Å². The van der Waals surface area contributed by atoms with Crippen LogP contribution in [0.25, 0.3) is 0 Å². The molecule has 1 aromatic carbocycles. The second-order valence-electron chi connectivity index (χ2n) is 4.79. The zero-order chi connectivity index (χ0) is 15.5. The van der Waals surface area contributed by atoms with Crippen molar-refractivity contribution in [2.75, 3.05) is 26.4 Å². The average Bonchev–Trinajstić information content (AvgIpc) is 2.46. The maximum Gasteiger partial charge on any atom is 0.257 e. The van der Waals surface area contributed by atoms with Crippen LogP contribution in [0, 0.1) is 0 Å². The molecule has 118 valence electrons. The van der Waals surface area contributed by atoms with E-state index in [0.29, 0.717) is 31.3 Å². The Morgan fingerprint density at radius 3 is 2.48 bits per heavy atom. The largest absolute Gasteiger partial charge is 0.490 e. The molecule has 0 fully saturated rings. The Kier molecular flexibility index (Phi) is 8.28. The quantitative estimate of drug-likeness (QED) is 0.673. The fourth-order valence-electron chi connectivity index (χ4n) is 1.66. The van der Waals surface area contributed by atoms with E-state index < -0.39 is 0 Å². The summed E-state index contributed by atoms with van der Waals surface area (Å²) in [5.74, 6) is 1.08. The summed E-state index contributed by atoms with van der Waals surface area (Å²) in [4.78, 5) is 11.7. The molecule has 5 heteroatoms. The van der Waals surface area contributed by atoms with Gasteiger partial charge in [0.15, 0.2) is 18.1 Å². The van der Waals surface area contributed by atoms with Gasteiger partial charge in [-0.1, -0.05) is 12.1 Å². The van der Waals surface area contributed by atoms with Gasteiger partial charge in [-0.05, 0) is 39.3 Å². The van der Waals surface area contributed by atoms with Gasteiger partial charge < -0.3 is 19.5 Å². The van der Waals surface area contributed by atoms with Gasteiger partial charge in [0, 0.05) is 13.2 Å². The summed E-state index contributed by atoms with van der Waals surface area (Å²) in [6, 6.07) is 7.32. The van der Waals surface area contributed by atoms with Crippen molar-refractivity contribution < 1.29 is 19.0 Å². The van der Waals surface area contributed by atoms with Crippen molar-refractivity contribution in [3.63, 3.8) is 0 Å². The molecular formula is C16H25NO4. The second-order valence-corrected chi connectivity index (χ2v) is 4.79. The minimum atomic E-state index is -0.147. The van der Waals surface area contributed by atoms with Gasteiger partial charge in [0.25, 0.3) is 5.91 Å². The van der Waals surface area contributed by atoms with Crippen molar-refractivity contribution in [3.05, 3.63) is 24.3 Å². The Bertz CT molecular complexity index is 420. The van der Waals surface area contributed by atoms with E-state index in [4.69, 9.17) is 14.2 Å². The Labute approximate surface area is 126 Å². The molecule has 0 saturated carbocycles. The second kappa shape index (κ2) is 10.0. The number of hydrogen-bond donors (Lipinski definition) is 1. The van der Waals surface area contributed by atoms with Crippen LogP contribution in [-0.2, 0) is 9.53 Å². The highest BCUT2D eigenvalue weighted by Crippen LogP contribution is 2.26. The van der Waals surface area contributed by atoms with E-state index in [1.807, 2.05) is 39.0 Å². The van der Waals surface area contributed by atoms with Gasteiger partial charge in [-0.3, -0.25) is 4.79 Å². The number of rotatable bonds is 10. The molecular weight excluding hydrogens is 270 g/mol. The molecule has 0 unspecified atom stereocenters. The van der Waals surface area contributed by atoms with Gasteiger partial charge >= 0.3 is 0 Å². The van der Waals surface area contributed by atoms with Crippen LogP contribution in [0.4, 0.5) is 0 Å². The normalized spacial score (nSPS) is 10.5. The van der Waals surface area contributed by atoms with Crippen LogP contribution in [0.1, 0.15) is 27.2 Å². The number of para-hydroxylation sites is 2. The number of carbonyl (C=O) groups is 1. The van der Waals surface area contributed by atoms with Crippen LogP contribution in [0.15, 0.2) is 24.3 Å². The monoisotopic (exact) mass is 295 g/mol. The Morgan fingerprint density at radius 2 is 1.86 bits per heavy atom. The van der Waals surface area contributed by atoms with Crippen LogP contribution >= 0.6 is 0 Å². The van der Waals surface area contributed by atoms with E-state index >= 15 is 0 Å². The van der Waals surface area contributed by atoms with Gasteiger partial charge in [0.05, 0.1) is 12.7 Å². The predicted octanol–water partition coefficient (Wildman–Crippen LogP) is 2.40. The minimum absolute atomic E-state index is 0.0187. The van der Waals surface area contributed by atoms with Crippen LogP contribution in [0.3, 0.4) is 0 Å². The fourth-order valence-corrected chi connectivity index (χ4v) is 1.66. The van der Waals surface area contributed by atoms with E-state index in [2.05, 4.69) is 5.32 Å². The first kappa shape index (κ1) is 17.3. The van der Waals surface area contributed by atoms with Crippen molar-refractivity contribution in [2.45, 2.75) is 33.3 Å². The van der Waals surface area contributed by atoms with Gasteiger partial charge in [-0.25, -0.2) is 0 Å². The lowest BCUT2D eigenvalue weighted by Crippen LogP contribution is -2.30. The number of amides is 1. The van der Waals surface area contributed by atoms with Crippen LogP contribution in [0.2, 0.25) is 0 Å². The summed E-state index contributed by atoms with van der Waals surface area (Å²) in [6.07, 6.45) is 1.01. The summed E-state index contributed by atoms with van der Waals surface area (Å²) >= 11 is 0. The highest BCUT2D eigenvalue weighted by atomic mass is 16.5. The molecule has 0 saturated heterocycles. The first-order valence-corrected chi connectivity index (χ1v) is 7.36. The molecule has 21 heavy (non-hydrogen) atoms. The molecule has 0 aliphatic heterocycles.